The SMILES string of the molecule is O=C1C=CC(=O)N1CCCCOc1cccnc1[18F]. The molecule has 0 fully saturated rings. The highest BCUT2D eigenvalue weighted by Crippen LogP contribution is 2.13. The van der Waals surface area contributed by atoms with E-state index < -0.39 is 5.95 Å². The van der Waals surface area contributed by atoms with Crippen LogP contribution in [0.2, 0.25) is 0 Å². The van der Waals surface area contributed by atoms with E-state index in [0.717, 1.165) is 0 Å². The van der Waals surface area contributed by atoms with Crippen LogP contribution in [0.4, 0.5) is 4.39 Å². The van der Waals surface area contributed by atoms with Crippen LogP contribution < -0.4 is 4.74 Å². The van der Waals surface area contributed by atoms with Gasteiger partial charge in [-0.3, -0.25) is 14.5 Å². The summed E-state index contributed by atoms with van der Waals surface area (Å²) in [6.07, 6.45) is 5.08. The minimum absolute atomic E-state index is 0.109. The van der Waals surface area contributed by atoms with Crippen LogP contribution in [0.1, 0.15) is 12.8 Å². The lowest BCUT2D eigenvalue weighted by Gasteiger charge is -2.13. The predicted molar refractivity (Wildman–Crippen MR) is 64.8 cm³/mol. The summed E-state index contributed by atoms with van der Waals surface area (Å²) >= 11 is 0. The van der Waals surface area contributed by atoms with Gasteiger partial charge in [0.15, 0.2) is 5.75 Å². The third kappa shape index (κ3) is 3.37. The number of aromatic nitrogens is 1. The number of pyridine rings is 1. The van der Waals surface area contributed by atoms with Crippen LogP contribution in [0.15, 0.2) is 30.5 Å². The Morgan fingerprint density at radius 2 is 1.95 bits per heavy atom. The van der Waals surface area contributed by atoms with Crippen molar-refractivity contribution in [2.24, 2.45) is 0 Å². The molecule has 0 unspecified atom stereocenters. The molecule has 1 aliphatic rings. The number of carbonyl (C=O) groups is 2. The van der Waals surface area contributed by atoms with Crippen LogP contribution >= 0.6 is 0 Å². The van der Waals surface area contributed by atoms with Crippen molar-refractivity contribution in [1.82, 2.24) is 9.88 Å². The maximum absolute atomic E-state index is 13.1. The molecule has 1 aromatic heterocycles. The molecule has 0 aromatic carbocycles. The fraction of sp³-hybridized carbons (Fsp3) is 0.308. The Labute approximate surface area is 109 Å². The fourth-order valence-corrected chi connectivity index (χ4v) is 1.68. The number of hydrogen-bond acceptors (Lipinski definition) is 4. The molecule has 0 N–H and O–H groups in total. The molecule has 2 heterocycles. The zero-order valence-corrected chi connectivity index (χ0v) is 10.2. The number of imide groups is 1. The zero-order valence-electron chi connectivity index (χ0n) is 10.2. The summed E-state index contributed by atoms with van der Waals surface area (Å²) in [6.45, 7) is 0.663. The highest BCUT2D eigenvalue weighted by Gasteiger charge is 2.22. The van der Waals surface area contributed by atoms with Gasteiger partial charge < -0.3 is 4.74 Å². The van der Waals surface area contributed by atoms with Gasteiger partial charge in [-0.2, -0.15) is 4.39 Å². The normalized spacial score (nSPS) is 14.3. The largest absolute Gasteiger partial charge is 0.489 e. The molecule has 0 atom stereocenters. The van der Waals surface area contributed by atoms with Gasteiger partial charge in [-0.05, 0) is 25.0 Å². The average Bonchev–Trinajstić information content (AvgIpc) is 2.72. The second-order valence-corrected chi connectivity index (χ2v) is 4.01. The van der Waals surface area contributed by atoms with Gasteiger partial charge in [0.25, 0.3) is 17.8 Å². The Balaban J connectivity index is 1.67. The smallest absolute Gasteiger partial charge is 0.255 e. The van der Waals surface area contributed by atoms with E-state index in [1.54, 1.807) is 6.07 Å². The van der Waals surface area contributed by atoms with Crippen molar-refractivity contribution in [3.05, 3.63) is 36.4 Å². The van der Waals surface area contributed by atoms with Crippen LogP contribution in [-0.2, 0) is 9.59 Å². The molecule has 0 aliphatic carbocycles. The third-order valence-electron chi connectivity index (χ3n) is 2.66. The summed E-state index contributed by atoms with van der Waals surface area (Å²) in [5.74, 6) is -1.11. The molecule has 0 radical (unpaired) electrons. The number of hydrogen-bond donors (Lipinski definition) is 0. The molecular formula is C13H13FN2O3. The highest BCUT2D eigenvalue weighted by atomic mass is 18.2. The zero-order chi connectivity index (χ0) is 13.7. The van der Waals surface area contributed by atoms with Crippen LogP contribution in [0.25, 0.3) is 0 Å². The number of nitrogens with zero attached hydrogens (tertiary/aromatic N) is 2. The third-order valence-corrected chi connectivity index (χ3v) is 2.66. The summed E-state index contributed by atoms with van der Waals surface area (Å²) in [7, 11) is 0. The first-order chi connectivity index (χ1) is 9.18. The molecule has 5 nitrogen and oxygen atoms in total. The quantitative estimate of drug-likeness (QED) is 0.441. The van der Waals surface area contributed by atoms with Crippen molar-refractivity contribution >= 4 is 11.8 Å². The van der Waals surface area contributed by atoms with Gasteiger partial charge in [0.05, 0.1) is 6.61 Å². The predicted octanol–water partition coefficient (Wildman–Crippen LogP) is 1.30. The Morgan fingerprint density at radius 1 is 1.21 bits per heavy atom. The topological polar surface area (TPSA) is 59.5 Å². The van der Waals surface area contributed by atoms with E-state index in [0.29, 0.717) is 26.0 Å². The van der Waals surface area contributed by atoms with Gasteiger partial charge >= 0.3 is 0 Å². The molecular weight excluding hydrogens is 250 g/mol. The van der Waals surface area contributed by atoms with Crippen molar-refractivity contribution in [2.45, 2.75) is 12.8 Å². The number of halogens is 1. The van der Waals surface area contributed by atoms with Gasteiger partial charge in [0, 0.05) is 24.9 Å². The van der Waals surface area contributed by atoms with E-state index in [4.69, 9.17) is 4.74 Å². The summed E-state index contributed by atoms with van der Waals surface area (Å²) in [5, 5.41) is 0. The Bertz CT molecular complexity index is 498. The molecule has 1 aromatic rings. The molecule has 0 spiro atoms. The lowest BCUT2D eigenvalue weighted by Crippen LogP contribution is -2.31. The van der Waals surface area contributed by atoms with Crippen molar-refractivity contribution < 1.29 is 18.7 Å². The van der Waals surface area contributed by atoms with Gasteiger partial charge in [0.2, 0.25) is 0 Å². The maximum Gasteiger partial charge on any atom is 0.255 e. The van der Waals surface area contributed by atoms with Crippen LogP contribution in [-0.4, -0.2) is 34.8 Å². The standard InChI is InChI=1S/C13H13FN2O3/c14-13-10(4-3-7-15-13)19-9-2-1-8-16-11(17)5-6-12(16)18/h3-7H,1-2,8-9H2/i14-1. The Kier molecular flexibility index (Phi) is 4.22. The van der Waals surface area contributed by atoms with E-state index >= 15 is 0 Å². The second-order valence-electron chi connectivity index (χ2n) is 4.01. The van der Waals surface area contributed by atoms with Crippen LogP contribution in [0.5, 0.6) is 5.75 Å². The number of rotatable bonds is 6. The Hall–Kier alpha value is -2.24. The number of unbranched alkanes of at least 4 members (excludes halogenated alkanes) is 1. The minimum atomic E-state index is -0.642. The second kappa shape index (κ2) is 6.08. The van der Waals surface area contributed by atoms with Gasteiger partial charge in [-0.1, -0.05) is 0 Å². The summed E-state index contributed by atoms with van der Waals surface area (Å²) in [4.78, 5) is 27.1. The maximum atomic E-state index is 13.1. The molecule has 0 bridgehead atoms. The number of amides is 2. The van der Waals surface area contributed by atoms with Crippen molar-refractivity contribution in [3.63, 3.8) is 0 Å². The monoisotopic (exact) mass is 263 g/mol. The van der Waals surface area contributed by atoms with Crippen LogP contribution in [0.3, 0.4) is 0 Å². The molecule has 100 valence electrons. The van der Waals surface area contributed by atoms with Crippen LogP contribution in [0, 0.1) is 5.95 Å². The van der Waals surface area contributed by atoms with E-state index in [2.05, 4.69) is 4.98 Å². The number of ether oxygens (including phenoxy) is 1. The van der Waals surface area contributed by atoms with Gasteiger partial charge in [-0.15, -0.1) is 0 Å². The first-order valence-corrected chi connectivity index (χ1v) is 5.95. The minimum Gasteiger partial charge on any atom is -0.489 e. The summed E-state index contributed by atoms with van der Waals surface area (Å²) in [6, 6.07) is 3.09. The molecule has 19 heavy (non-hydrogen) atoms. The first-order valence-electron chi connectivity index (χ1n) is 5.95. The van der Waals surface area contributed by atoms with Crippen molar-refractivity contribution in [1.29, 1.82) is 0 Å². The molecule has 0 saturated heterocycles. The summed E-state index contributed by atoms with van der Waals surface area (Å²) in [5.41, 5.74) is 0. The molecule has 2 rings (SSSR count). The van der Waals surface area contributed by atoms with Gasteiger partial charge in [-0.25, -0.2) is 4.98 Å². The average molecular weight is 263 g/mol. The molecule has 1 aliphatic heterocycles. The molecule has 2 amide bonds. The lowest BCUT2D eigenvalue weighted by atomic mass is 10.3. The van der Waals surface area contributed by atoms with E-state index in [-0.39, 0.29) is 17.6 Å². The summed E-state index contributed by atoms with van der Waals surface area (Å²) < 4.78 is 18.3. The molecule has 0 saturated carbocycles. The fourth-order valence-electron chi connectivity index (χ4n) is 1.68. The number of carbonyl (C=O) groups excluding carboxylic acids is 2. The molecule has 6 heteroatoms. The Morgan fingerprint density at radius 3 is 2.63 bits per heavy atom. The van der Waals surface area contributed by atoms with Crippen molar-refractivity contribution in [3.8, 4) is 5.75 Å². The van der Waals surface area contributed by atoms with Gasteiger partial charge in [0.1, 0.15) is 0 Å². The first kappa shape index (κ1) is 13.2. The van der Waals surface area contributed by atoms with E-state index in [1.807, 2.05) is 0 Å². The van der Waals surface area contributed by atoms with Crippen molar-refractivity contribution in [2.75, 3.05) is 13.2 Å². The lowest BCUT2D eigenvalue weighted by molar-refractivity contribution is -0.136. The van der Waals surface area contributed by atoms with E-state index in [9.17, 15) is 14.0 Å². The van der Waals surface area contributed by atoms with E-state index in [1.165, 1.54) is 29.3 Å². The highest BCUT2D eigenvalue weighted by molar-refractivity contribution is 6.12.